The van der Waals surface area contributed by atoms with Crippen LogP contribution in [-0.2, 0) is 9.30 Å². The Morgan fingerprint density at radius 2 is 1.47 bits per heavy atom. The van der Waals surface area contributed by atoms with Gasteiger partial charge >= 0.3 is 59.1 Å². The molecule has 1 rings (SSSR count). The molecule has 0 aromatic carbocycles. The molecule has 0 aliphatic carbocycles. The second kappa shape index (κ2) is 8.28. The molecule has 17 heavy (non-hydrogen) atoms. The first-order chi connectivity index (χ1) is 6.72. The Bertz CT molecular complexity index is 273. The van der Waals surface area contributed by atoms with Crippen LogP contribution in [0.25, 0.3) is 0 Å². The van der Waals surface area contributed by atoms with Crippen molar-refractivity contribution in [3.8, 4) is 0 Å². The number of rotatable bonds is 2. The first-order valence-corrected chi connectivity index (χ1v) is 5.84. The smallest absolute Gasteiger partial charge is 0.811 e. The Hall–Kier alpha value is 1.95. The van der Waals surface area contributed by atoms with E-state index in [2.05, 4.69) is 4.74 Å². The van der Waals surface area contributed by atoms with Gasteiger partial charge in [-0.25, -0.2) is 0 Å². The van der Waals surface area contributed by atoms with Gasteiger partial charge in [0.2, 0.25) is 0 Å². The molecule has 1 fully saturated rings. The number of hydrogen-bond donors (Lipinski definition) is 4. The average Bonchev–Trinajstić information content (AvgIpc) is 2.08. The van der Waals surface area contributed by atoms with Gasteiger partial charge < -0.3 is 39.5 Å². The van der Waals surface area contributed by atoms with Crippen LogP contribution >= 0.6 is 7.60 Å². The molecule has 0 aromatic rings. The second-order valence-corrected chi connectivity index (χ2v) is 4.92. The fourth-order valence-corrected chi connectivity index (χ4v) is 2.04. The topological polar surface area (TPSA) is 153 Å². The van der Waals surface area contributed by atoms with Gasteiger partial charge in [0, 0.05) is 6.16 Å². The van der Waals surface area contributed by atoms with E-state index in [0.717, 1.165) is 0 Å². The van der Waals surface area contributed by atoms with Crippen LogP contribution in [0.1, 0.15) is 0 Å². The van der Waals surface area contributed by atoms with E-state index < -0.39 is 44.5 Å². The molecular weight excluding hydrogens is 277 g/mol. The van der Waals surface area contributed by atoms with E-state index in [-0.39, 0.29) is 59.1 Å². The summed E-state index contributed by atoms with van der Waals surface area (Å²) in [5, 5.41) is 36.4. The van der Waals surface area contributed by atoms with Crippen LogP contribution in [0.4, 0.5) is 0 Å². The zero-order chi connectivity index (χ0) is 11.8. The minimum Gasteiger partial charge on any atom is -0.811 e. The Labute approximate surface area is 142 Å². The summed E-state index contributed by atoms with van der Waals surface area (Å²) >= 11 is 0. The maximum absolute atomic E-state index is 10.4. The molecule has 11 heteroatoms. The van der Waals surface area contributed by atoms with Gasteiger partial charge in [0.15, 0.2) is 6.29 Å². The van der Waals surface area contributed by atoms with Crippen molar-refractivity contribution in [3.63, 3.8) is 0 Å². The summed E-state index contributed by atoms with van der Waals surface area (Å²) in [4.78, 5) is 20.8. The molecule has 8 nitrogen and oxygen atoms in total. The molecule has 4 N–H and O–H groups in total. The molecule has 0 saturated carbocycles. The number of ether oxygens (including phenoxy) is 1. The van der Waals surface area contributed by atoms with Gasteiger partial charge in [-0.1, -0.05) is 7.60 Å². The molecular formula is C6H11Na2O8P. The van der Waals surface area contributed by atoms with Gasteiger partial charge in [-0.3, -0.25) is 0 Å². The van der Waals surface area contributed by atoms with Gasteiger partial charge in [0.1, 0.15) is 18.3 Å². The standard InChI is InChI=1S/C6H13O8P.2Na/c7-3-2(1-15(11,12)13)14-6(10)5(9)4(3)8;;/h2-10H,1H2,(H2,11,12,13);;/q;2*+1/p-2/t2-,3-,4+,5+,6+;;/m1../s1. The third-order valence-corrected chi connectivity index (χ3v) is 2.90. The maximum atomic E-state index is 10.4. The van der Waals surface area contributed by atoms with Crippen LogP contribution < -0.4 is 68.9 Å². The first kappa shape index (κ1) is 21.3. The second-order valence-electron chi connectivity index (χ2n) is 3.33. The third-order valence-electron chi connectivity index (χ3n) is 2.09. The first-order valence-electron chi connectivity index (χ1n) is 4.11. The van der Waals surface area contributed by atoms with Crippen LogP contribution in [-0.4, -0.2) is 57.3 Å². The fourth-order valence-electron chi connectivity index (χ4n) is 1.30. The van der Waals surface area contributed by atoms with Crippen molar-refractivity contribution in [2.75, 3.05) is 6.16 Å². The van der Waals surface area contributed by atoms with E-state index in [0.29, 0.717) is 0 Å². The number of hydrogen-bond acceptors (Lipinski definition) is 8. The molecule has 5 atom stereocenters. The summed E-state index contributed by atoms with van der Waals surface area (Å²) in [5.74, 6) is 0. The predicted octanol–water partition coefficient (Wildman–Crippen LogP) is -10.3. The van der Waals surface area contributed by atoms with Crippen molar-refractivity contribution in [3.05, 3.63) is 0 Å². The van der Waals surface area contributed by atoms with Gasteiger partial charge in [0.05, 0.1) is 6.10 Å². The van der Waals surface area contributed by atoms with E-state index >= 15 is 0 Å². The van der Waals surface area contributed by atoms with Crippen molar-refractivity contribution in [2.24, 2.45) is 0 Å². The zero-order valence-electron chi connectivity index (χ0n) is 9.46. The molecule has 0 bridgehead atoms. The zero-order valence-corrected chi connectivity index (χ0v) is 14.4. The minimum absolute atomic E-state index is 0. The quantitative estimate of drug-likeness (QED) is 0.288. The van der Waals surface area contributed by atoms with Crippen LogP contribution in [0.2, 0.25) is 0 Å². The molecule has 1 saturated heterocycles. The van der Waals surface area contributed by atoms with Crippen LogP contribution in [0.5, 0.6) is 0 Å². The Kier molecular flexibility index (Phi) is 10.4. The SMILES string of the molecule is O=P([O-])([O-])C[C@H]1O[C@H](O)[C@@H](O)[C@@H](O)[C@@H]1O.[Na+].[Na+]. The van der Waals surface area contributed by atoms with E-state index in [1.54, 1.807) is 0 Å². The van der Waals surface area contributed by atoms with E-state index in [4.69, 9.17) is 15.3 Å². The average molecular weight is 288 g/mol. The normalized spacial score (nSPS) is 37.9. The number of aliphatic hydroxyl groups excluding tert-OH is 4. The summed E-state index contributed by atoms with van der Waals surface area (Å²) in [5.41, 5.74) is 0. The van der Waals surface area contributed by atoms with Crippen LogP contribution in [0.15, 0.2) is 0 Å². The molecule has 0 radical (unpaired) electrons. The Morgan fingerprint density at radius 3 is 1.88 bits per heavy atom. The van der Waals surface area contributed by atoms with Crippen molar-refractivity contribution in [2.45, 2.75) is 30.7 Å². The molecule has 0 unspecified atom stereocenters. The van der Waals surface area contributed by atoms with Gasteiger partial charge in [-0.2, -0.15) is 0 Å². The Morgan fingerprint density at radius 1 is 1.00 bits per heavy atom. The van der Waals surface area contributed by atoms with Crippen LogP contribution in [0, 0.1) is 0 Å². The third kappa shape index (κ3) is 6.29. The van der Waals surface area contributed by atoms with E-state index in [9.17, 15) is 19.5 Å². The van der Waals surface area contributed by atoms with E-state index in [1.807, 2.05) is 0 Å². The summed E-state index contributed by atoms with van der Waals surface area (Å²) in [6.45, 7) is 0. The van der Waals surface area contributed by atoms with Gasteiger partial charge in [-0.05, 0) is 0 Å². The minimum atomic E-state index is -4.93. The van der Waals surface area contributed by atoms with E-state index in [1.165, 1.54) is 0 Å². The van der Waals surface area contributed by atoms with Crippen LogP contribution in [0.3, 0.4) is 0 Å². The predicted molar refractivity (Wildman–Crippen MR) is 41.4 cm³/mol. The van der Waals surface area contributed by atoms with Crippen molar-refractivity contribution >= 4 is 7.60 Å². The molecule has 1 aliphatic rings. The summed E-state index contributed by atoms with van der Waals surface area (Å²) < 4.78 is 14.9. The molecule has 0 amide bonds. The molecule has 0 aromatic heterocycles. The largest absolute Gasteiger partial charge is 1.00 e. The molecule has 0 spiro atoms. The summed E-state index contributed by atoms with van der Waals surface area (Å²) in [7, 11) is -4.93. The Balaban J connectivity index is 0. The fraction of sp³-hybridized carbons (Fsp3) is 1.00. The molecule has 1 aliphatic heterocycles. The maximum Gasteiger partial charge on any atom is 1.00 e. The molecule has 1 heterocycles. The van der Waals surface area contributed by atoms with Gasteiger partial charge in [0.25, 0.3) is 0 Å². The number of aliphatic hydroxyl groups is 4. The van der Waals surface area contributed by atoms with Crippen molar-refractivity contribution < 1.29 is 98.6 Å². The monoisotopic (exact) mass is 288 g/mol. The summed E-state index contributed by atoms with van der Waals surface area (Å²) in [6.07, 6.45) is -9.67. The summed E-state index contributed by atoms with van der Waals surface area (Å²) in [6, 6.07) is 0. The van der Waals surface area contributed by atoms with Crippen molar-refractivity contribution in [1.82, 2.24) is 0 Å². The van der Waals surface area contributed by atoms with Gasteiger partial charge in [-0.15, -0.1) is 0 Å². The van der Waals surface area contributed by atoms with Crippen molar-refractivity contribution in [1.29, 1.82) is 0 Å². The molecule has 90 valence electrons.